The van der Waals surface area contributed by atoms with Crippen molar-refractivity contribution in [2.75, 3.05) is 11.4 Å². The number of hydrogen-bond donors (Lipinski definition) is 0. The number of hydrogen-bond acceptors (Lipinski definition) is 5. The Hall–Kier alpha value is -2.83. The SMILES string of the molecule is O=C(c1ccncc1)N1CC[C@H]2[C@@H]1CC(=O)N2c1cncnc1. The summed E-state index contributed by atoms with van der Waals surface area (Å²) in [7, 11) is 0. The highest BCUT2D eigenvalue weighted by molar-refractivity contribution is 6.00. The number of anilines is 1. The molecule has 7 nitrogen and oxygen atoms in total. The summed E-state index contributed by atoms with van der Waals surface area (Å²) in [5, 5.41) is 0. The van der Waals surface area contributed by atoms with E-state index in [9.17, 15) is 9.59 Å². The first kappa shape index (κ1) is 13.8. The number of aromatic nitrogens is 3. The third kappa shape index (κ3) is 2.25. The van der Waals surface area contributed by atoms with Crippen molar-refractivity contribution in [3.63, 3.8) is 0 Å². The Kier molecular flexibility index (Phi) is 3.25. The van der Waals surface area contributed by atoms with E-state index in [-0.39, 0.29) is 23.9 Å². The maximum atomic E-state index is 12.7. The molecule has 0 radical (unpaired) electrons. The first-order chi connectivity index (χ1) is 11.3. The van der Waals surface area contributed by atoms with E-state index in [1.165, 1.54) is 6.33 Å². The fraction of sp³-hybridized carbons (Fsp3) is 0.312. The third-order valence-electron chi connectivity index (χ3n) is 4.51. The largest absolute Gasteiger partial charge is 0.333 e. The zero-order chi connectivity index (χ0) is 15.8. The van der Waals surface area contributed by atoms with Crippen molar-refractivity contribution in [1.82, 2.24) is 19.9 Å². The van der Waals surface area contributed by atoms with Gasteiger partial charge in [0.05, 0.1) is 30.2 Å². The highest BCUT2D eigenvalue weighted by atomic mass is 16.2. The molecule has 2 aromatic rings. The van der Waals surface area contributed by atoms with Crippen molar-refractivity contribution >= 4 is 17.5 Å². The fourth-order valence-corrected chi connectivity index (χ4v) is 3.51. The van der Waals surface area contributed by atoms with Gasteiger partial charge in [-0.05, 0) is 18.6 Å². The Bertz CT molecular complexity index is 737. The summed E-state index contributed by atoms with van der Waals surface area (Å²) in [4.78, 5) is 40.6. The van der Waals surface area contributed by atoms with Crippen LogP contribution in [0.5, 0.6) is 0 Å². The second-order valence-electron chi connectivity index (χ2n) is 5.72. The van der Waals surface area contributed by atoms with Gasteiger partial charge in [-0.2, -0.15) is 0 Å². The lowest BCUT2D eigenvalue weighted by Gasteiger charge is -2.25. The zero-order valence-electron chi connectivity index (χ0n) is 12.4. The Labute approximate surface area is 133 Å². The lowest BCUT2D eigenvalue weighted by molar-refractivity contribution is -0.117. The third-order valence-corrected chi connectivity index (χ3v) is 4.51. The van der Waals surface area contributed by atoms with Crippen molar-refractivity contribution in [1.29, 1.82) is 0 Å². The number of amides is 2. The molecule has 23 heavy (non-hydrogen) atoms. The second kappa shape index (κ2) is 5.42. The number of rotatable bonds is 2. The van der Waals surface area contributed by atoms with Crippen LogP contribution in [0.1, 0.15) is 23.2 Å². The van der Waals surface area contributed by atoms with Gasteiger partial charge in [-0.3, -0.25) is 14.6 Å². The molecule has 0 N–H and O–H groups in total. The number of carbonyl (C=O) groups is 2. The van der Waals surface area contributed by atoms with Crippen LogP contribution in [0.25, 0.3) is 0 Å². The molecule has 116 valence electrons. The predicted molar refractivity (Wildman–Crippen MR) is 81.6 cm³/mol. The second-order valence-corrected chi connectivity index (χ2v) is 5.72. The lowest BCUT2D eigenvalue weighted by atomic mass is 10.1. The molecular weight excluding hydrogens is 294 g/mol. The van der Waals surface area contributed by atoms with Gasteiger partial charge >= 0.3 is 0 Å². The monoisotopic (exact) mass is 309 g/mol. The van der Waals surface area contributed by atoms with Gasteiger partial charge in [0, 0.05) is 30.9 Å². The number of carbonyl (C=O) groups excluding carboxylic acids is 2. The van der Waals surface area contributed by atoms with Gasteiger partial charge in [-0.1, -0.05) is 0 Å². The summed E-state index contributed by atoms with van der Waals surface area (Å²) < 4.78 is 0. The van der Waals surface area contributed by atoms with Crippen molar-refractivity contribution in [2.45, 2.75) is 24.9 Å². The van der Waals surface area contributed by atoms with E-state index in [0.717, 1.165) is 6.42 Å². The van der Waals surface area contributed by atoms with Gasteiger partial charge in [-0.25, -0.2) is 9.97 Å². The van der Waals surface area contributed by atoms with Crippen molar-refractivity contribution in [3.05, 3.63) is 48.8 Å². The Morgan fingerprint density at radius 3 is 2.57 bits per heavy atom. The van der Waals surface area contributed by atoms with Crippen LogP contribution in [0.4, 0.5) is 5.69 Å². The molecule has 4 rings (SSSR count). The minimum atomic E-state index is -0.0941. The predicted octanol–water partition coefficient (Wildman–Crippen LogP) is 0.892. The summed E-state index contributed by atoms with van der Waals surface area (Å²) in [6.45, 7) is 0.647. The molecule has 4 heterocycles. The maximum absolute atomic E-state index is 12.7. The molecule has 0 saturated carbocycles. The maximum Gasteiger partial charge on any atom is 0.254 e. The van der Waals surface area contributed by atoms with Crippen molar-refractivity contribution in [2.24, 2.45) is 0 Å². The fourth-order valence-electron chi connectivity index (χ4n) is 3.51. The molecule has 2 fully saturated rings. The summed E-state index contributed by atoms with van der Waals surface area (Å²) >= 11 is 0. The normalized spacial score (nSPS) is 23.2. The van der Waals surface area contributed by atoms with Crippen LogP contribution in [0, 0.1) is 0 Å². The van der Waals surface area contributed by atoms with Gasteiger partial charge in [0.15, 0.2) is 0 Å². The summed E-state index contributed by atoms with van der Waals surface area (Å²) in [6.07, 6.45) is 9.04. The van der Waals surface area contributed by atoms with Crippen LogP contribution < -0.4 is 4.90 Å². The molecule has 2 aromatic heterocycles. The van der Waals surface area contributed by atoms with Gasteiger partial charge in [0.1, 0.15) is 6.33 Å². The number of likely N-dealkylation sites (tertiary alicyclic amines) is 1. The molecule has 0 spiro atoms. The molecular formula is C16H15N5O2. The Morgan fingerprint density at radius 1 is 1.09 bits per heavy atom. The number of pyridine rings is 1. The molecule has 0 bridgehead atoms. The van der Waals surface area contributed by atoms with Crippen LogP contribution >= 0.6 is 0 Å². The van der Waals surface area contributed by atoms with Crippen LogP contribution in [0.2, 0.25) is 0 Å². The van der Waals surface area contributed by atoms with Crippen LogP contribution in [-0.4, -0.2) is 50.3 Å². The zero-order valence-corrected chi connectivity index (χ0v) is 12.4. The molecule has 7 heteroatoms. The quantitative estimate of drug-likeness (QED) is 0.823. The van der Waals surface area contributed by atoms with E-state index >= 15 is 0 Å². The smallest absolute Gasteiger partial charge is 0.254 e. The van der Waals surface area contributed by atoms with E-state index in [2.05, 4.69) is 15.0 Å². The first-order valence-electron chi connectivity index (χ1n) is 7.54. The Morgan fingerprint density at radius 2 is 1.83 bits per heavy atom. The van der Waals surface area contributed by atoms with E-state index < -0.39 is 0 Å². The van der Waals surface area contributed by atoms with Gasteiger partial charge in [0.25, 0.3) is 5.91 Å². The summed E-state index contributed by atoms with van der Waals surface area (Å²) in [6, 6.07) is 3.31. The Balaban J connectivity index is 1.60. The standard InChI is InChI=1S/C16H15N5O2/c22-15-7-14-13(21(15)12-8-18-10-19-9-12)3-6-20(14)16(23)11-1-4-17-5-2-11/h1-2,4-5,8-10,13-14H,3,6-7H2/t13-,14-/m0/s1. The highest BCUT2D eigenvalue weighted by Gasteiger charge is 2.49. The van der Waals surface area contributed by atoms with Crippen LogP contribution in [0.15, 0.2) is 43.2 Å². The molecule has 2 amide bonds. The average molecular weight is 309 g/mol. The molecule has 0 unspecified atom stereocenters. The van der Waals surface area contributed by atoms with E-state index in [1.54, 1.807) is 41.8 Å². The van der Waals surface area contributed by atoms with E-state index in [1.807, 2.05) is 4.90 Å². The molecule has 2 aliphatic heterocycles. The van der Waals surface area contributed by atoms with Crippen LogP contribution in [0.3, 0.4) is 0 Å². The van der Waals surface area contributed by atoms with Crippen LogP contribution in [-0.2, 0) is 4.79 Å². The molecule has 0 aromatic carbocycles. The molecule has 2 aliphatic rings. The van der Waals surface area contributed by atoms with E-state index in [0.29, 0.717) is 24.2 Å². The van der Waals surface area contributed by atoms with Gasteiger partial charge in [0.2, 0.25) is 5.91 Å². The van der Waals surface area contributed by atoms with Crippen molar-refractivity contribution in [3.8, 4) is 0 Å². The highest BCUT2D eigenvalue weighted by Crippen LogP contribution is 2.36. The first-order valence-corrected chi connectivity index (χ1v) is 7.54. The van der Waals surface area contributed by atoms with Crippen molar-refractivity contribution < 1.29 is 9.59 Å². The molecule has 0 aliphatic carbocycles. The number of nitrogens with zero attached hydrogens (tertiary/aromatic N) is 5. The lowest BCUT2D eigenvalue weighted by Crippen LogP contribution is -2.40. The summed E-state index contributed by atoms with van der Waals surface area (Å²) in [5.74, 6) is -0.0270. The van der Waals surface area contributed by atoms with Gasteiger partial charge < -0.3 is 9.80 Å². The molecule has 2 atom stereocenters. The van der Waals surface area contributed by atoms with Gasteiger partial charge in [-0.15, -0.1) is 0 Å². The average Bonchev–Trinajstić information content (AvgIpc) is 3.13. The summed E-state index contributed by atoms with van der Waals surface area (Å²) in [5.41, 5.74) is 1.30. The van der Waals surface area contributed by atoms with E-state index in [4.69, 9.17) is 0 Å². The minimum absolute atomic E-state index is 0.000660. The molecule has 2 saturated heterocycles. The topological polar surface area (TPSA) is 79.3 Å². The minimum Gasteiger partial charge on any atom is -0.333 e. The number of fused-ring (bicyclic) bond motifs is 1.